The van der Waals surface area contributed by atoms with Crippen molar-refractivity contribution in [2.24, 2.45) is 5.73 Å². The number of ether oxygens (including phenoxy) is 2. The number of rotatable bonds is 45. The third-order valence-electron chi connectivity index (χ3n) is 9.92. The summed E-state index contributed by atoms with van der Waals surface area (Å²) in [6.45, 7) is 4.79. The van der Waals surface area contributed by atoms with Gasteiger partial charge in [0.2, 0.25) is 0 Å². The summed E-state index contributed by atoms with van der Waals surface area (Å²) >= 11 is 0. The van der Waals surface area contributed by atoms with Crippen LogP contribution in [0.1, 0.15) is 206 Å². The molecular formula is C49H90NO7P. The molecule has 0 aliphatic carbocycles. The maximum atomic E-state index is 12.6. The lowest BCUT2D eigenvalue weighted by Crippen LogP contribution is -2.28. The molecule has 0 aromatic heterocycles. The number of nitrogens with two attached hydrogens (primary N) is 1. The molecule has 8 nitrogen and oxygen atoms in total. The van der Waals surface area contributed by atoms with Crippen molar-refractivity contribution in [2.75, 3.05) is 33.0 Å². The van der Waals surface area contributed by atoms with Gasteiger partial charge in [0.05, 0.1) is 19.8 Å². The molecule has 0 aromatic carbocycles. The van der Waals surface area contributed by atoms with Gasteiger partial charge in [0.15, 0.2) is 0 Å². The van der Waals surface area contributed by atoms with Crippen LogP contribution in [-0.4, -0.2) is 49.9 Å². The number of phosphoric ester groups is 1. The van der Waals surface area contributed by atoms with E-state index in [4.69, 9.17) is 24.3 Å². The van der Waals surface area contributed by atoms with E-state index >= 15 is 0 Å². The summed E-state index contributed by atoms with van der Waals surface area (Å²) in [5, 5.41) is 0. The molecule has 3 N–H and O–H groups in total. The van der Waals surface area contributed by atoms with E-state index in [1.54, 1.807) is 0 Å². The maximum Gasteiger partial charge on any atom is 0.472 e. The van der Waals surface area contributed by atoms with Crippen molar-refractivity contribution < 1.29 is 32.8 Å². The van der Waals surface area contributed by atoms with E-state index in [-0.39, 0.29) is 32.3 Å². The first-order chi connectivity index (χ1) is 28.4. The SMILES string of the molecule is CC/C=C\C/C=C\C/C=C\C/C=C\CCCCCCCCCCCCCCCOCC(COP(=O)(O)OCCN)OC(=O)CCCCCCC/C=C\CCCCCC. The number of esters is 1. The Bertz CT molecular complexity index is 1070. The van der Waals surface area contributed by atoms with Gasteiger partial charge in [-0.2, -0.15) is 0 Å². The molecule has 0 saturated carbocycles. The fraction of sp³-hybridized carbons (Fsp3) is 0.776. The minimum Gasteiger partial charge on any atom is -0.457 e. The van der Waals surface area contributed by atoms with Crippen molar-refractivity contribution in [2.45, 2.75) is 213 Å². The Labute approximate surface area is 357 Å². The zero-order valence-corrected chi connectivity index (χ0v) is 38.4. The van der Waals surface area contributed by atoms with E-state index < -0.39 is 13.9 Å². The van der Waals surface area contributed by atoms with Crippen LogP contribution < -0.4 is 5.73 Å². The zero-order chi connectivity index (χ0) is 42.3. The summed E-state index contributed by atoms with van der Waals surface area (Å²) in [6.07, 6.45) is 56.8. The first kappa shape index (κ1) is 56.2. The van der Waals surface area contributed by atoms with Gasteiger partial charge < -0.3 is 20.1 Å². The molecular weight excluding hydrogens is 746 g/mol. The Kier molecular flexibility index (Phi) is 44.8. The molecule has 0 amide bonds. The highest BCUT2D eigenvalue weighted by atomic mass is 31.2. The Morgan fingerprint density at radius 2 is 0.966 bits per heavy atom. The highest BCUT2D eigenvalue weighted by molar-refractivity contribution is 7.47. The van der Waals surface area contributed by atoms with Gasteiger partial charge >= 0.3 is 13.8 Å². The molecule has 338 valence electrons. The number of hydrogen-bond acceptors (Lipinski definition) is 7. The van der Waals surface area contributed by atoms with Crippen LogP contribution in [0.15, 0.2) is 60.8 Å². The van der Waals surface area contributed by atoms with Crippen molar-refractivity contribution in [3.05, 3.63) is 60.8 Å². The third kappa shape index (κ3) is 45.3. The Hall–Kier alpha value is -1.80. The number of carbonyl (C=O) groups excluding carboxylic acids is 1. The van der Waals surface area contributed by atoms with Gasteiger partial charge in [-0.15, -0.1) is 0 Å². The molecule has 0 aliphatic rings. The average molecular weight is 836 g/mol. The highest BCUT2D eigenvalue weighted by Gasteiger charge is 2.25. The quantitative estimate of drug-likeness (QED) is 0.0269. The minimum absolute atomic E-state index is 0.0975. The van der Waals surface area contributed by atoms with Gasteiger partial charge in [-0.05, 0) is 77.0 Å². The maximum absolute atomic E-state index is 12.6. The molecule has 0 aliphatic heterocycles. The second kappa shape index (κ2) is 46.3. The molecule has 0 saturated heterocycles. The Balaban J connectivity index is 3.91. The fourth-order valence-electron chi connectivity index (χ4n) is 6.45. The summed E-state index contributed by atoms with van der Waals surface area (Å²) < 4.78 is 33.5. The summed E-state index contributed by atoms with van der Waals surface area (Å²) in [5.41, 5.74) is 5.37. The Morgan fingerprint density at radius 3 is 1.47 bits per heavy atom. The summed E-state index contributed by atoms with van der Waals surface area (Å²) in [4.78, 5) is 22.5. The van der Waals surface area contributed by atoms with Crippen LogP contribution in [0.25, 0.3) is 0 Å². The minimum atomic E-state index is -4.28. The van der Waals surface area contributed by atoms with Gasteiger partial charge in [-0.3, -0.25) is 13.8 Å². The second-order valence-corrected chi connectivity index (χ2v) is 17.0. The van der Waals surface area contributed by atoms with E-state index in [2.05, 4.69) is 74.6 Å². The van der Waals surface area contributed by atoms with Crippen LogP contribution in [-0.2, 0) is 27.9 Å². The number of hydrogen-bond donors (Lipinski definition) is 2. The van der Waals surface area contributed by atoms with Crippen LogP contribution in [0.4, 0.5) is 0 Å². The van der Waals surface area contributed by atoms with Gasteiger partial charge in [0, 0.05) is 19.6 Å². The topological polar surface area (TPSA) is 117 Å². The summed E-state index contributed by atoms with van der Waals surface area (Å²) in [5.74, 6) is -0.340. The van der Waals surface area contributed by atoms with E-state index in [1.807, 2.05) is 0 Å². The van der Waals surface area contributed by atoms with Gasteiger partial charge in [0.25, 0.3) is 0 Å². The average Bonchev–Trinajstić information content (AvgIpc) is 3.21. The van der Waals surface area contributed by atoms with Crippen LogP contribution in [0, 0.1) is 0 Å². The smallest absolute Gasteiger partial charge is 0.457 e. The number of unbranched alkanes of at least 4 members (excludes halogenated alkanes) is 22. The predicted molar refractivity (Wildman–Crippen MR) is 247 cm³/mol. The van der Waals surface area contributed by atoms with Gasteiger partial charge in [-0.25, -0.2) is 4.57 Å². The summed E-state index contributed by atoms with van der Waals surface area (Å²) in [7, 11) is -4.28. The molecule has 0 spiro atoms. The Morgan fingerprint density at radius 1 is 0.534 bits per heavy atom. The van der Waals surface area contributed by atoms with Crippen molar-refractivity contribution in [1.29, 1.82) is 0 Å². The molecule has 0 heterocycles. The fourth-order valence-corrected chi connectivity index (χ4v) is 7.22. The van der Waals surface area contributed by atoms with Crippen LogP contribution in [0.2, 0.25) is 0 Å². The standard InChI is InChI=1S/C49H90NO7P/c1-3-5-7-9-11-13-15-17-18-19-20-21-22-23-24-25-26-27-28-29-31-33-35-37-39-41-44-54-46-48(47-56-58(52,53)55-45-43-50)57-49(51)42-40-38-36-34-32-30-16-14-12-10-8-6-4-2/h5,7,11,13-14,16-18,20-21,48H,3-4,6,8-10,12,15,19,22-47,50H2,1-2H3,(H,52,53)/b7-5-,13-11-,16-14-,18-17-,21-20-. The first-order valence-corrected chi connectivity index (χ1v) is 25.3. The van der Waals surface area contributed by atoms with Crippen LogP contribution in [0.3, 0.4) is 0 Å². The van der Waals surface area contributed by atoms with Crippen molar-refractivity contribution in [3.8, 4) is 0 Å². The normalized spacial score (nSPS) is 13.9. The lowest BCUT2D eigenvalue weighted by Gasteiger charge is -2.20. The molecule has 9 heteroatoms. The predicted octanol–water partition coefficient (Wildman–Crippen LogP) is 14.5. The van der Waals surface area contributed by atoms with Crippen molar-refractivity contribution >= 4 is 13.8 Å². The largest absolute Gasteiger partial charge is 0.472 e. The number of carbonyl (C=O) groups is 1. The van der Waals surface area contributed by atoms with E-state index in [0.717, 1.165) is 70.6 Å². The summed E-state index contributed by atoms with van der Waals surface area (Å²) in [6, 6.07) is 0. The van der Waals surface area contributed by atoms with E-state index in [1.165, 1.54) is 116 Å². The van der Waals surface area contributed by atoms with E-state index in [9.17, 15) is 14.3 Å². The molecule has 0 fully saturated rings. The van der Waals surface area contributed by atoms with Crippen molar-refractivity contribution in [3.63, 3.8) is 0 Å². The van der Waals surface area contributed by atoms with Crippen LogP contribution in [0.5, 0.6) is 0 Å². The van der Waals surface area contributed by atoms with Crippen LogP contribution >= 0.6 is 7.82 Å². The lowest BCUT2D eigenvalue weighted by atomic mass is 10.0. The molecule has 0 radical (unpaired) electrons. The lowest BCUT2D eigenvalue weighted by molar-refractivity contribution is -0.154. The first-order valence-electron chi connectivity index (χ1n) is 23.8. The van der Waals surface area contributed by atoms with Gasteiger partial charge in [-0.1, -0.05) is 184 Å². The number of phosphoric acid groups is 1. The third-order valence-corrected chi connectivity index (χ3v) is 10.9. The monoisotopic (exact) mass is 836 g/mol. The zero-order valence-electron chi connectivity index (χ0n) is 37.5. The molecule has 0 bridgehead atoms. The molecule has 2 unspecified atom stereocenters. The molecule has 58 heavy (non-hydrogen) atoms. The molecule has 0 aromatic rings. The highest BCUT2D eigenvalue weighted by Crippen LogP contribution is 2.43. The van der Waals surface area contributed by atoms with Crippen molar-refractivity contribution in [1.82, 2.24) is 0 Å². The second-order valence-electron chi connectivity index (χ2n) is 15.6. The van der Waals surface area contributed by atoms with Gasteiger partial charge in [0.1, 0.15) is 6.10 Å². The molecule has 2 atom stereocenters. The number of allylic oxidation sites excluding steroid dienone is 10. The molecule has 0 rings (SSSR count). The van der Waals surface area contributed by atoms with E-state index in [0.29, 0.717) is 13.0 Å².